The highest BCUT2D eigenvalue weighted by atomic mass is 16.5. The predicted octanol–water partition coefficient (Wildman–Crippen LogP) is 4.00. The van der Waals surface area contributed by atoms with Gasteiger partial charge in [-0.3, -0.25) is 0 Å². The number of hydrogen-bond acceptors (Lipinski definition) is 2. The molecular formula is C17H23NO. The van der Waals surface area contributed by atoms with Crippen LogP contribution in [0.2, 0.25) is 0 Å². The highest BCUT2D eigenvalue weighted by Crippen LogP contribution is 2.20. The molecule has 0 fully saturated rings. The van der Waals surface area contributed by atoms with E-state index in [1.54, 1.807) is 0 Å². The number of ether oxygens (including phenoxy) is 1. The summed E-state index contributed by atoms with van der Waals surface area (Å²) in [5, 5.41) is 5.91. The first-order valence-corrected chi connectivity index (χ1v) is 7.14. The van der Waals surface area contributed by atoms with Gasteiger partial charge >= 0.3 is 0 Å². The second-order valence-electron chi connectivity index (χ2n) is 4.96. The SMILES string of the molecule is CCNC(C)CCCOc1ccc2ccccc2c1. The van der Waals surface area contributed by atoms with Crippen LogP contribution < -0.4 is 10.1 Å². The summed E-state index contributed by atoms with van der Waals surface area (Å²) >= 11 is 0. The summed E-state index contributed by atoms with van der Waals surface area (Å²) in [4.78, 5) is 0. The Labute approximate surface area is 115 Å². The minimum atomic E-state index is 0.574. The summed E-state index contributed by atoms with van der Waals surface area (Å²) in [7, 11) is 0. The fraction of sp³-hybridized carbons (Fsp3) is 0.412. The largest absolute Gasteiger partial charge is 0.494 e. The molecular weight excluding hydrogens is 234 g/mol. The van der Waals surface area contributed by atoms with E-state index in [1.165, 1.54) is 10.8 Å². The van der Waals surface area contributed by atoms with Gasteiger partial charge in [-0.05, 0) is 49.2 Å². The molecule has 2 aromatic rings. The minimum absolute atomic E-state index is 0.574. The van der Waals surface area contributed by atoms with Crippen LogP contribution in [0.4, 0.5) is 0 Å². The number of rotatable bonds is 7. The van der Waals surface area contributed by atoms with Gasteiger partial charge in [-0.1, -0.05) is 37.3 Å². The molecule has 0 amide bonds. The van der Waals surface area contributed by atoms with Gasteiger partial charge in [-0.15, -0.1) is 0 Å². The van der Waals surface area contributed by atoms with E-state index in [0.29, 0.717) is 6.04 Å². The van der Waals surface area contributed by atoms with Crippen molar-refractivity contribution in [2.24, 2.45) is 0 Å². The van der Waals surface area contributed by atoms with Crippen molar-refractivity contribution in [1.82, 2.24) is 5.32 Å². The fourth-order valence-electron chi connectivity index (χ4n) is 2.29. The fourth-order valence-corrected chi connectivity index (χ4v) is 2.29. The zero-order chi connectivity index (χ0) is 13.5. The maximum Gasteiger partial charge on any atom is 0.119 e. The Kier molecular flexibility index (Phi) is 5.22. The van der Waals surface area contributed by atoms with Crippen molar-refractivity contribution in [3.63, 3.8) is 0 Å². The van der Waals surface area contributed by atoms with Crippen molar-refractivity contribution in [2.75, 3.05) is 13.2 Å². The second-order valence-corrected chi connectivity index (χ2v) is 4.96. The lowest BCUT2D eigenvalue weighted by Crippen LogP contribution is -2.25. The molecule has 1 N–H and O–H groups in total. The monoisotopic (exact) mass is 257 g/mol. The second kappa shape index (κ2) is 7.15. The van der Waals surface area contributed by atoms with Crippen molar-refractivity contribution in [2.45, 2.75) is 32.7 Å². The molecule has 0 saturated carbocycles. The Morgan fingerprint density at radius 1 is 1.11 bits per heavy atom. The molecule has 0 aliphatic heterocycles. The van der Waals surface area contributed by atoms with E-state index in [4.69, 9.17) is 4.74 Å². The average Bonchev–Trinajstić information content (AvgIpc) is 2.44. The van der Waals surface area contributed by atoms with Gasteiger partial charge < -0.3 is 10.1 Å². The summed E-state index contributed by atoms with van der Waals surface area (Å²) in [6.07, 6.45) is 2.24. The lowest BCUT2D eigenvalue weighted by atomic mass is 10.1. The van der Waals surface area contributed by atoms with E-state index in [2.05, 4.69) is 61.6 Å². The van der Waals surface area contributed by atoms with Gasteiger partial charge in [0.15, 0.2) is 0 Å². The molecule has 0 aliphatic rings. The maximum atomic E-state index is 5.81. The van der Waals surface area contributed by atoms with Gasteiger partial charge in [0, 0.05) is 6.04 Å². The van der Waals surface area contributed by atoms with E-state index in [9.17, 15) is 0 Å². The van der Waals surface area contributed by atoms with Crippen LogP contribution in [-0.2, 0) is 0 Å². The van der Waals surface area contributed by atoms with Crippen LogP contribution >= 0.6 is 0 Å². The first-order chi connectivity index (χ1) is 9.29. The number of hydrogen-bond donors (Lipinski definition) is 1. The minimum Gasteiger partial charge on any atom is -0.494 e. The summed E-state index contributed by atoms with van der Waals surface area (Å²) in [5.41, 5.74) is 0. The molecule has 2 rings (SSSR count). The van der Waals surface area contributed by atoms with Crippen LogP contribution in [0.3, 0.4) is 0 Å². The highest BCUT2D eigenvalue weighted by molar-refractivity contribution is 5.83. The Hall–Kier alpha value is -1.54. The molecule has 19 heavy (non-hydrogen) atoms. The Morgan fingerprint density at radius 2 is 1.89 bits per heavy atom. The summed E-state index contributed by atoms with van der Waals surface area (Å²) < 4.78 is 5.81. The molecule has 2 aromatic carbocycles. The number of fused-ring (bicyclic) bond motifs is 1. The summed E-state index contributed by atoms with van der Waals surface area (Å²) in [6.45, 7) is 6.18. The predicted molar refractivity (Wildman–Crippen MR) is 81.8 cm³/mol. The van der Waals surface area contributed by atoms with Crippen LogP contribution in [-0.4, -0.2) is 19.2 Å². The van der Waals surface area contributed by atoms with Crippen LogP contribution in [0.15, 0.2) is 42.5 Å². The first kappa shape index (κ1) is 13.9. The van der Waals surface area contributed by atoms with Gasteiger partial charge in [-0.25, -0.2) is 0 Å². The van der Waals surface area contributed by atoms with Gasteiger partial charge in [-0.2, -0.15) is 0 Å². The van der Waals surface area contributed by atoms with Gasteiger partial charge in [0.25, 0.3) is 0 Å². The van der Waals surface area contributed by atoms with Crippen LogP contribution in [0.1, 0.15) is 26.7 Å². The Balaban J connectivity index is 1.81. The van der Waals surface area contributed by atoms with Crippen molar-refractivity contribution in [3.05, 3.63) is 42.5 Å². The molecule has 0 heterocycles. The van der Waals surface area contributed by atoms with Crippen molar-refractivity contribution in [3.8, 4) is 5.75 Å². The molecule has 2 heteroatoms. The highest BCUT2D eigenvalue weighted by Gasteiger charge is 2.00. The zero-order valence-corrected chi connectivity index (χ0v) is 11.9. The lowest BCUT2D eigenvalue weighted by Gasteiger charge is -2.12. The molecule has 1 atom stereocenters. The van der Waals surface area contributed by atoms with Crippen molar-refractivity contribution >= 4 is 10.8 Å². The molecule has 0 aliphatic carbocycles. The first-order valence-electron chi connectivity index (χ1n) is 7.14. The molecule has 0 bridgehead atoms. The third kappa shape index (κ3) is 4.25. The van der Waals surface area contributed by atoms with Crippen LogP contribution in [0.5, 0.6) is 5.75 Å². The van der Waals surface area contributed by atoms with Gasteiger partial charge in [0.1, 0.15) is 5.75 Å². The van der Waals surface area contributed by atoms with E-state index < -0.39 is 0 Å². The molecule has 0 aromatic heterocycles. The topological polar surface area (TPSA) is 21.3 Å². The average molecular weight is 257 g/mol. The molecule has 2 nitrogen and oxygen atoms in total. The zero-order valence-electron chi connectivity index (χ0n) is 11.9. The summed E-state index contributed by atoms with van der Waals surface area (Å²) in [6, 6.07) is 15.2. The van der Waals surface area contributed by atoms with Gasteiger partial charge in [0.2, 0.25) is 0 Å². The standard InChI is InChI=1S/C17H23NO/c1-3-18-14(2)7-6-12-19-17-11-10-15-8-4-5-9-16(15)13-17/h4-5,8-11,13-14,18H,3,6-7,12H2,1-2H3. The summed E-state index contributed by atoms with van der Waals surface area (Å²) in [5.74, 6) is 0.967. The third-order valence-corrected chi connectivity index (χ3v) is 3.32. The number of nitrogens with one attached hydrogen (secondary N) is 1. The van der Waals surface area contributed by atoms with Gasteiger partial charge in [0.05, 0.1) is 6.61 Å². The quantitative estimate of drug-likeness (QED) is 0.757. The van der Waals surface area contributed by atoms with Crippen molar-refractivity contribution in [1.29, 1.82) is 0 Å². The number of benzene rings is 2. The maximum absolute atomic E-state index is 5.81. The van der Waals surface area contributed by atoms with E-state index >= 15 is 0 Å². The Morgan fingerprint density at radius 3 is 2.68 bits per heavy atom. The molecule has 1 unspecified atom stereocenters. The molecule has 0 radical (unpaired) electrons. The van der Waals surface area contributed by atoms with E-state index in [0.717, 1.165) is 31.7 Å². The third-order valence-electron chi connectivity index (χ3n) is 3.32. The van der Waals surface area contributed by atoms with Crippen LogP contribution in [0, 0.1) is 0 Å². The molecule has 102 valence electrons. The lowest BCUT2D eigenvalue weighted by molar-refractivity contribution is 0.299. The molecule has 0 spiro atoms. The molecule has 0 saturated heterocycles. The van der Waals surface area contributed by atoms with Crippen LogP contribution in [0.25, 0.3) is 10.8 Å². The van der Waals surface area contributed by atoms with E-state index in [-0.39, 0.29) is 0 Å². The normalized spacial score (nSPS) is 12.5. The van der Waals surface area contributed by atoms with Crippen molar-refractivity contribution < 1.29 is 4.74 Å². The van der Waals surface area contributed by atoms with E-state index in [1.807, 2.05) is 0 Å². The smallest absolute Gasteiger partial charge is 0.119 e. The Bertz CT molecular complexity index is 509.